The highest BCUT2D eigenvalue weighted by Gasteiger charge is 2.24. The summed E-state index contributed by atoms with van der Waals surface area (Å²) in [6.45, 7) is 2.01. The zero-order valence-corrected chi connectivity index (χ0v) is 14.4. The highest BCUT2D eigenvalue weighted by molar-refractivity contribution is 5.98. The first-order valence-corrected chi connectivity index (χ1v) is 7.93. The normalized spacial score (nSPS) is 12.2. The Bertz CT molecular complexity index is 860. The molecule has 0 radical (unpaired) electrons. The summed E-state index contributed by atoms with van der Waals surface area (Å²) in [5.41, 5.74) is 3.42. The van der Waals surface area contributed by atoms with Gasteiger partial charge in [-0.15, -0.1) is 10.2 Å². The minimum Gasteiger partial charge on any atom is -0.324 e. The molecule has 0 spiro atoms. The van der Waals surface area contributed by atoms with Gasteiger partial charge in [0.15, 0.2) is 0 Å². The molecular weight excluding hydrogens is 316 g/mol. The number of H-pyrrole nitrogens is 1. The first kappa shape index (κ1) is 16.8. The third kappa shape index (κ3) is 3.72. The predicted octanol–water partition coefficient (Wildman–Crippen LogP) is 2.42. The second kappa shape index (κ2) is 7.23. The van der Waals surface area contributed by atoms with Gasteiger partial charge in [-0.2, -0.15) is 5.21 Å². The van der Waals surface area contributed by atoms with Crippen molar-refractivity contribution in [1.29, 1.82) is 0 Å². The van der Waals surface area contributed by atoms with Gasteiger partial charge in [0.1, 0.15) is 6.04 Å². The highest BCUT2D eigenvalue weighted by Crippen LogP contribution is 2.27. The number of carbonyl (C=O) groups is 1. The number of benzene rings is 2. The maximum absolute atomic E-state index is 13.0. The van der Waals surface area contributed by atoms with E-state index in [1.54, 1.807) is 0 Å². The number of aromatic amines is 1. The van der Waals surface area contributed by atoms with Gasteiger partial charge < -0.3 is 5.32 Å². The zero-order chi connectivity index (χ0) is 17.8. The van der Waals surface area contributed by atoms with Crippen LogP contribution in [0.15, 0.2) is 48.5 Å². The molecule has 128 valence electrons. The monoisotopic (exact) mass is 336 g/mol. The van der Waals surface area contributed by atoms with Crippen molar-refractivity contribution in [2.24, 2.45) is 0 Å². The standard InChI is InChI=1S/C18H20N6O/c1-12-7-6-8-13(11-12)16(24(2)3)18(25)19-15-10-5-4-9-14(15)17-20-22-23-21-17/h4-11,16H,1-3H3,(H,19,25)(H,20,21,22,23)/t16-/m0/s1. The van der Waals surface area contributed by atoms with Crippen molar-refractivity contribution in [3.05, 3.63) is 59.7 Å². The van der Waals surface area contributed by atoms with Crippen molar-refractivity contribution >= 4 is 11.6 Å². The summed E-state index contributed by atoms with van der Waals surface area (Å²) in [7, 11) is 3.77. The number of nitrogens with one attached hydrogen (secondary N) is 2. The van der Waals surface area contributed by atoms with Crippen molar-refractivity contribution in [3.63, 3.8) is 0 Å². The molecule has 0 saturated carbocycles. The fourth-order valence-electron chi connectivity index (χ4n) is 2.79. The van der Waals surface area contributed by atoms with Crippen molar-refractivity contribution in [2.45, 2.75) is 13.0 Å². The number of para-hydroxylation sites is 1. The molecule has 0 bridgehead atoms. The van der Waals surface area contributed by atoms with E-state index in [0.717, 1.165) is 11.1 Å². The van der Waals surface area contributed by atoms with Gasteiger partial charge in [-0.05, 0) is 43.9 Å². The molecule has 0 aliphatic rings. The first-order chi connectivity index (χ1) is 12.1. The van der Waals surface area contributed by atoms with Crippen LogP contribution in [0.25, 0.3) is 11.4 Å². The molecule has 1 atom stereocenters. The lowest BCUT2D eigenvalue weighted by atomic mass is 10.0. The molecule has 3 aromatic rings. The minimum absolute atomic E-state index is 0.119. The Kier molecular flexibility index (Phi) is 4.85. The lowest BCUT2D eigenvalue weighted by molar-refractivity contribution is -0.120. The summed E-state index contributed by atoms with van der Waals surface area (Å²) in [6, 6.07) is 14.9. The quantitative estimate of drug-likeness (QED) is 0.747. The maximum atomic E-state index is 13.0. The van der Waals surface area contributed by atoms with Gasteiger partial charge in [0.25, 0.3) is 0 Å². The number of amides is 1. The van der Waals surface area contributed by atoms with Gasteiger partial charge in [0.05, 0.1) is 5.69 Å². The molecule has 7 heteroatoms. The molecule has 0 aliphatic heterocycles. The Hall–Kier alpha value is -3.06. The lowest BCUT2D eigenvalue weighted by Crippen LogP contribution is -2.32. The Morgan fingerprint density at radius 3 is 2.64 bits per heavy atom. The van der Waals surface area contributed by atoms with Crippen LogP contribution in [0.1, 0.15) is 17.2 Å². The SMILES string of the molecule is Cc1cccc([C@@H](C(=O)Nc2ccccc2-c2nn[nH]n2)N(C)C)c1. The fraction of sp³-hybridized carbons (Fsp3) is 0.222. The molecule has 3 rings (SSSR count). The number of carbonyl (C=O) groups excluding carboxylic acids is 1. The summed E-state index contributed by atoms with van der Waals surface area (Å²) >= 11 is 0. The van der Waals surface area contributed by atoms with Crippen LogP contribution < -0.4 is 5.32 Å². The number of hydrogen-bond donors (Lipinski definition) is 2. The number of tetrazole rings is 1. The van der Waals surface area contributed by atoms with E-state index < -0.39 is 6.04 Å². The van der Waals surface area contributed by atoms with Crippen molar-refractivity contribution in [2.75, 3.05) is 19.4 Å². The van der Waals surface area contributed by atoms with E-state index in [2.05, 4.69) is 25.9 Å². The van der Waals surface area contributed by atoms with Gasteiger partial charge in [-0.1, -0.05) is 42.0 Å². The van der Waals surface area contributed by atoms with E-state index >= 15 is 0 Å². The second-order valence-corrected chi connectivity index (χ2v) is 6.05. The van der Waals surface area contributed by atoms with Crippen LogP contribution in [-0.4, -0.2) is 45.5 Å². The number of hydrogen-bond acceptors (Lipinski definition) is 5. The maximum Gasteiger partial charge on any atom is 0.246 e. The average molecular weight is 336 g/mol. The van der Waals surface area contributed by atoms with Crippen LogP contribution in [0.2, 0.25) is 0 Å². The Balaban J connectivity index is 1.91. The van der Waals surface area contributed by atoms with Gasteiger partial charge in [0.2, 0.25) is 11.7 Å². The van der Waals surface area contributed by atoms with Crippen LogP contribution in [0.5, 0.6) is 0 Å². The van der Waals surface area contributed by atoms with E-state index in [4.69, 9.17) is 0 Å². The van der Waals surface area contributed by atoms with Gasteiger partial charge in [-0.3, -0.25) is 9.69 Å². The molecule has 0 aliphatic carbocycles. The fourth-order valence-corrected chi connectivity index (χ4v) is 2.79. The summed E-state index contributed by atoms with van der Waals surface area (Å²) in [5.74, 6) is 0.319. The molecule has 1 aromatic heterocycles. The molecule has 2 N–H and O–H groups in total. The predicted molar refractivity (Wildman–Crippen MR) is 95.9 cm³/mol. The molecule has 7 nitrogen and oxygen atoms in total. The number of nitrogens with zero attached hydrogens (tertiary/aromatic N) is 4. The largest absolute Gasteiger partial charge is 0.324 e. The van der Waals surface area contributed by atoms with E-state index in [-0.39, 0.29) is 5.91 Å². The molecule has 0 unspecified atom stereocenters. The summed E-state index contributed by atoms with van der Waals surface area (Å²) < 4.78 is 0. The Morgan fingerprint density at radius 1 is 1.16 bits per heavy atom. The number of rotatable bonds is 5. The highest BCUT2D eigenvalue weighted by atomic mass is 16.2. The topological polar surface area (TPSA) is 86.8 Å². The van der Waals surface area contributed by atoms with Gasteiger partial charge in [-0.25, -0.2) is 0 Å². The minimum atomic E-state index is -0.404. The molecule has 1 heterocycles. The lowest BCUT2D eigenvalue weighted by Gasteiger charge is -2.24. The third-order valence-electron chi connectivity index (χ3n) is 3.89. The average Bonchev–Trinajstić information content (AvgIpc) is 3.09. The summed E-state index contributed by atoms with van der Waals surface area (Å²) in [5, 5.41) is 17.0. The molecule has 0 saturated heterocycles. The smallest absolute Gasteiger partial charge is 0.246 e. The van der Waals surface area contributed by atoms with Crippen LogP contribution in [0, 0.1) is 6.92 Å². The summed E-state index contributed by atoms with van der Waals surface area (Å²) in [6.07, 6.45) is 0. The van der Waals surface area contributed by atoms with E-state index in [9.17, 15) is 4.79 Å². The van der Waals surface area contributed by atoms with E-state index in [0.29, 0.717) is 17.1 Å². The number of likely N-dealkylation sites (N-methyl/N-ethyl adjacent to an activating group) is 1. The third-order valence-corrected chi connectivity index (χ3v) is 3.89. The molecule has 1 amide bonds. The Labute approximate surface area is 146 Å². The number of aryl methyl sites for hydroxylation is 1. The molecular formula is C18H20N6O. The molecule has 0 fully saturated rings. The first-order valence-electron chi connectivity index (χ1n) is 7.93. The number of anilines is 1. The van der Waals surface area contributed by atoms with Crippen LogP contribution in [-0.2, 0) is 4.79 Å². The Morgan fingerprint density at radius 2 is 1.96 bits per heavy atom. The number of aromatic nitrogens is 4. The van der Waals surface area contributed by atoms with E-state index in [1.165, 1.54) is 0 Å². The van der Waals surface area contributed by atoms with Crippen LogP contribution >= 0.6 is 0 Å². The van der Waals surface area contributed by atoms with Crippen molar-refractivity contribution < 1.29 is 4.79 Å². The molecule has 25 heavy (non-hydrogen) atoms. The summed E-state index contributed by atoms with van der Waals surface area (Å²) in [4.78, 5) is 14.9. The van der Waals surface area contributed by atoms with Gasteiger partial charge >= 0.3 is 0 Å². The van der Waals surface area contributed by atoms with Gasteiger partial charge in [0, 0.05) is 5.56 Å². The van der Waals surface area contributed by atoms with Crippen LogP contribution in [0.4, 0.5) is 5.69 Å². The van der Waals surface area contributed by atoms with Crippen molar-refractivity contribution in [1.82, 2.24) is 25.5 Å². The zero-order valence-electron chi connectivity index (χ0n) is 14.4. The molecule has 2 aromatic carbocycles. The van der Waals surface area contributed by atoms with Crippen LogP contribution in [0.3, 0.4) is 0 Å². The van der Waals surface area contributed by atoms with E-state index in [1.807, 2.05) is 74.4 Å². The second-order valence-electron chi connectivity index (χ2n) is 6.05. The van der Waals surface area contributed by atoms with Crippen molar-refractivity contribution in [3.8, 4) is 11.4 Å².